The van der Waals surface area contributed by atoms with Crippen LogP contribution in [-0.2, 0) is 4.79 Å². The van der Waals surface area contributed by atoms with Crippen LogP contribution in [0, 0.1) is 5.41 Å². The molecular formula is C16H20O3. The molecule has 0 heterocycles. The molecule has 0 unspecified atom stereocenters. The predicted molar refractivity (Wildman–Crippen MR) is 75.5 cm³/mol. The Morgan fingerprint density at radius 1 is 1.05 bits per heavy atom. The van der Waals surface area contributed by atoms with Gasteiger partial charge in [-0.2, -0.15) is 0 Å². The van der Waals surface area contributed by atoms with Gasteiger partial charge in [0.1, 0.15) is 11.5 Å². The van der Waals surface area contributed by atoms with Gasteiger partial charge in [-0.25, -0.2) is 0 Å². The summed E-state index contributed by atoms with van der Waals surface area (Å²) in [6.45, 7) is 4.22. The van der Waals surface area contributed by atoms with Crippen LogP contribution in [-0.4, -0.2) is 20.0 Å². The lowest BCUT2D eigenvalue weighted by Gasteiger charge is -2.30. The lowest BCUT2D eigenvalue weighted by Crippen LogP contribution is -2.21. The number of hydrogen-bond acceptors (Lipinski definition) is 3. The van der Waals surface area contributed by atoms with E-state index in [1.165, 1.54) is 0 Å². The quantitative estimate of drug-likeness (QED) is 0.834. The second kappa shape index (κ2) is 5.08. The van der Waals surface area contributed by atoms with E-state index in [0.717, 1.165) is 29.1 Å². The van der Waals surface area contributed by atoms with Crippen molar-refractivity contribution in [3.8, 4) is 11.5 Å². The van der Waals surface area contributed by atoms with Crippen LogP contribution in [0.25, 0.3) is 5.57 Å². The Kier molecular flexibility index (Phi) is 3.65. The minimum Gasteiger partial charge on any atom is -0.496 e. The first-order valence-electron chi connectivity index (χ1n) is 6.41. The zero-order valence-corrected chi connectivity index (χ0v) is 11.9. The van der Waals surface area contributed by atoms with Gasteiger partial charge in [-0.1, -0.05) is 19.9 Å². The lowest BCUT2D eigenvalue weighted by molar-refractivity contribution is -0.116. The van der Waals surface area contributed by atoms with Crippen molar-refractivity contribution in [2.24, 2.45) is 5.41 Å². The van der Waals surface area contributed by atoms with Gasteiger partial charge in [0.05, 0.1) is 19.8 Å². The molecule has 0 aromatic heterocycles. The second-order valence-electron chi connectivity index (χ2n) is 5.69. The zero-order valence-electron chi connectivity index (χ0n) is 11.9. The standard InChI is InChI=1S/C16H20O3/c1-16(2)9-11(8-12(17)10-16)15-13(18-3)6-5-7-14(15)19-4/h5-8H,9-10H2,1-4H3. The number of allylic oxidation sites excluding steroid dienone is 2. The van der Waals surface area contributed by atoms with Gasteiger partial charge in [-0.05, 0) is 35.6 Å². The third-order valence-corrected chi connectivity index (χ3v) is 3.41. The number of ketones is 1. The summed E-state index contributed by atoms with van der Waals surface area (Å²) in [6.07, 6.45) is 3.16. The van der Waals surface area contributed by atoms with E-state index in [2.05, 4.69) is 13.8 Å². The molecule has 0 atom stereocenters. The molecule has 0 saturated carbocycles. The molecule has 0 amide bonds. The molecule has 0 fully saturated rings. The Hall–Kier alpha value is -1.77. The number of rotatable bonds is 3. The molecular weight excluding hydrogens is 240 g/mol. The normalized spacial score (nSPS) is 17.9. The third kappa shape index (κ3) is 2.80. The average Bonchev–Trinajstić information content (AvgIpc) is 2.35. The Bertz CT molecular complexity index is 505. The first kappa shape index (κ1) is 13.7. The van der Waals surface area contributed by atoms with Crippen molar-refractivity contribution in [2.45, 2.75) is 26.7 Å². The van der Waals surface area contributed by atoms with E-state index in [4.69, 9.17) is 9.47 Å². The van der Waals surface area contributed by atoms with Crippen molar-refractivity contribution in [1.29, 1.82) is 0 Å². The van der Waals surface area contributed by atoms with Gasteiger partial charge in [0.15, 0.2) is 5.78 Å². The van der Waals surface area contributed by atoms with Crippen LogP contribution in [0.4, 0.5) is 0 Å². The molecule has 0 aliphatic heterocycles. The van der Waals surface area contributed by atoms with E-state index in [-0.39, 0.29) is 11.2 Å². The minimum atomic E-state index is -0.0208. The van der Waals surface area contributed by atoms with E-state index in [0.29, 0.717) is 6.42 Å². The fourth-order valence-electron chi connectivity index (χ4n) is 2.67. The fourth-order valence-corrected chi connectivity index (χ4v) is 2.67. The molecule has 2 rings (SSSR count). The molecule has 1 aromatic carbocycles. The maximum atomic E-state index is 11.9. The van der Waals surface area contributed by atoms with Gasteiger partial charge in [-0.15, -0.1) is 0 Å². The fraction of sp³-hybridized carbons (Fsp3) is 0.438. The molecule has 19 heavy (non-hydrogen) atoms. The highest BCUT2D eigenvalue weighted by atomic mass is 16.5. The smallest absolute Gasteiger partial charge is 0.156 e. The zero-order chi connectivity index (χ0) is 14.0. The molecule has 3 nitrogen and oxygen atoms in total. The summed E-state index contributed by atoms with van der Waals surface area (Å²) in [5, 5.41) is 0. The number of carbonyl (C=O) groups is 1. The number of benzene rings is 1. The molecule has 3 heteroatoms. The number of ether oxygens (including phenoxy) is 2. The first-order chi connectivity index (χ1) is 8.96. The molecule has 1 aliphatic rings. The molecule has 1 aliphatic carbocycles. The van der Waals surface area contributed by atoms with Crippen LogP contribution in [0.2, 0.25) is 0 Å². The predicted octanol–water partition coefficient (Wildman–Crippen LogP) is 3.48. The highest BCUT2D eigenvalue weighted by Crippen LogP contribution is 2.44. The summed E-state index contributed by atoms with van der Waals surface area (Å²) >= 11 is 0. The SMILES string of the molecule is COc1cccc(OC)c1C1=CC(=O)CC(C)(C)C1. The Labute approximate surface area is 114 Å². The van der Waals surface area contributed by atoms with Crippen molar-refractivity contribution in [3.63, 3.8) is 0 Å². The molecule has 102 valence electrons. The summed E-state index contributed by atoms with van der Waals surface area (Å²) in [5.41, 5.74) is 1.87. The van der Waals surface area contributed by atoms with E-state index >= 15 is 0 Å². The Morgan fingerprint density at radius 3 is 2.11 bits per heavy atom. The van der Waals surface area contributed by atoms with E-state index in [1.807, 2.05) is 18.2 Å². The Morgan fingerprint density at radius 2 is 1.63 bits per heavy atom. The van der Waals surface area contributed by atoms with Crippen LogP contribution in [0.5, 0.6) is 11.5 Å². The summed E-state index contributed by atoms with van der Waals surface area (Å²) < 4.78 is 10.8. The highest BCUT2D eigenvalue weighted by molar-refractivity contribution is 6.00. The summed E-state index contributed by atoms with van der Waals surface area (Å²) in [6, 6.07) is 5.67. The van der Waals surface area contributed by atoms with Gasteiger partial charge in [0.2, 0.25) is 0 Å². The van der Waals surface area contributed by atoms with Crippen molar-refractivity contribution < 1.29 is 14.3 Å². The van der Waals surface area contributed by atoms with Crippen molar-refractivity contribution in [1.82, 2.24) is 0 Å². The first-order valence-corrected chi connectivity index (χ1v) is 6.41. The van der Waals surface area contributed by atoms with Crippen LogP contribution in [0.3, 0.4) is 0 Å². The molecule has 0 spiro atoms. The molecule has 1 aromatic rings. The van der Waals surface area contributed by atoms with Gasteiger partial charge in [0, 0.05) is 6.42 Å². The van der Waals surface area contributed by atoms with Gasteiger partial charge in [-0.3, -0.25) is 4.79 Å². The monoisotopic (exact) mass is 260 g/mol. The molecule has 0 radical (unpaired) electrons. The van der Waals surface area contributed by atoms with Crippen molar-refractivity contribution >= 4 is 11.4 Å². The number of methoxy groups -OCH3 is 2. The maximum Gasteiger partial charge on any atom is 0.156 e. The van der Waals surface area contributed by atoms with E-state index in [9.17, 15) is 4.79 Å². The van der Waals surface area contributed by atoms with Gasteiger partial charge >= 0.3 is 0 Å². The third-order valence-electron chi connectivity index (χ3n) is 3.41. The lowest BCUT2D eigenvalue weighted by atomic mass is 9.75. The highest BCUT2D eigenvalue weighted by Gasteiger charge is 2.30. The Balaban J connectivity index is 2.55. The topological polar surface area (TPSA) is 35.5 Å². The summed E-state index contributed by atoms with van der Waals surface area (Å²) in [5.74, 6) is 1.66. The second-order valence-corrected chi connectivity index (χ2v) is 5.69. The minimum absolute atomic E-state index is 0.0208. The van der Waals surface area contributed by atoms with Crippen molar-refractivity contribution in [3.05, 3.63) is 29.8 Å². The van der Waals surface area contributed by atoms with Crippen LogP contribution in [0.15, 0.2) is 24.3 Å². The maximum absolute atomic E-state index is 11.9. The van der Waals surface area contributed by atoms with Crippen LogP contribution >= 0.6 is 0 Å². The summed E-state index contributed by atoms with van der Waals surface area (Å²) in [7, 11) is 3.27. The van der Waals surface area contributed by atoms with Gasteiger partial charge in [0.25, 0.3) is 0 Å². The summed E-state index contributed by atoms with van der Waals surface area (Å²) in [4.78, 5) is 11.9. The molecule has 0 N–H and O–H groups in total. The van der Waals surface area contributed by atoms with E-state index in [1.54, 1.807) is 20.3 Å². The average molecular weight is 260 g/mol. The van der Waals surface area contributed by atoms with Crippen molar-refractivity contribution in [2.75, 3.05) is 14.2 Å². The number of hydrogen-bond donors (Lipinski definition) is 0. The van der Waals surface area contributed by atoms with Crippen LogP contribution < -0.4 is 9.47 Å². The largest absolute Gasteiger partial charge is 0.496 e. The number of carbonyl (C=O) groups excluding carboxylic acids is 1. The molecule has 0 bridgehead atoms. The van der Waals surface area contributed by atoms with E-state index < -0.39 is 0 Å². The van der Waals surface area contributed by atoms with Gasteiger partial charge < -0.3 is 9.47 Å². The molecule has 0 saturated heterocycles. The van der Waals surface area contributed by atoms with Crippen LogP contribution in [0.1, 0.15) is 32.3 Å².